The van der Waals surface area contributed by atoms with Gasteiger partial charge in [0.1, 0.15) is 11.2 Å². The summed E-state index contributed by atoms with van der Waals surface area (Å²) in [5.41, 5.74) is -1.04. The average Bonchev–Trinajstić information content (AvgIpc) is 2.98. The second kappa shape index (κ2) is 10.0. The number of alkyl halides is 1. The van der Waals surface area contributed by atoms with E-state index in [-0.39, 0.29) is 17.1 Å². The minimum Gasteiger partial charge on any atom is -0.379 e. The molecular formula is C20H34ClNO4. The van der Waals surface area contributed by atoms with Crippen molar-refractivity contribution < 1.29 is 19.1 Å². The fraction of sp³-hybridized carbons (Fsp3) is 0.900. The third kappa shape index (κ3) is 4.60. The monoisotopic (exact) mass is 387 g/mol. The highest BCUT2D eigenvalue weighted by Crippen LogP contribution is 2.63. The smallest absolute Gasteiger partial charge is 0.234 e. The lowest BCUT2D eigenvalue weighted by Gasteiger charge is -2.34. The Labute approximate surface area is 162 Å². The van der Waals surface area contributed by atoms with Crippen LogP contribution in [0.1, 0.15) is 58.8 Å². The van der Waals surface area contributed by atoms with Gasteiger partial charge in [0.25, 0.3) is 0 Å². The zero-order chi connectivity index (χ0) is 19.0. The van der Waals surface area contributed by atoms with Crippen LogP contribution in [0, 0.1) is 16.7 Å². The first-order valence-electron chi connectivity index (χ1n) is 10.00. The third-order valence-corrected chi connectivity index (χ3v) is 6.63. The van der Waals surface area contributed by atoms with Crippen molar-refractivity contribution >= 4 is 23.3 Å². The SMILES string of the molecule is CC1(C)C2CC[C@@]1(C(=O)NCCOCCOCCCCCCCl)C(=O)C2. The van der Waals surface area contributed by atoms with Gasteiger partial charge >= 0.3 is 0 Å². The van der Waals surface area contributed by atoms with Crippen LogP contribution in [0.25, 0.3) is 0 Å². The van der Waals surface area contributed by atoms with Gasteiger partial charge in [-0.3, -0.25) is 9.59 Å². The first kappa shape index (κ1) is 21.6. The van der Waals surface area contributed by atoms with Crippen LogP contribution in [0.15, 0.2) is 0 Å². The van der Waals surface area contributed by atoms with E-state index in [0.717, 1.165) is 44.6 Å². The van der Waals surface area contributed by atoms with E-state index in [1.54, 1.807) is 0 Å². The Bertz CT molecular complexity index is 482. The van der Waals surface area contributed by atoms with Crippen molar-refractivity contribution in [1.29, 1.82) is 0 Å². The van der Waals surface area contributed by atoms with Crippen molar-refractivity contribution in [2.24, 2.45) is 16.7 Å². The highest BCUT2D eigenvalue weighted by atomic mass is 35.5. The quantitative estimate of drug-likeness (QED) is 0.299. The van der Waals surface area contributed by atoms with Crippen molar-refractivity contribution in [3.63, 3.8) is 0 Å². The summed E-state index contributed by atoms with van der Waals surface area (Å²) in [7, 11) is 0. The minimum atomic E-state index is -0.815. The fourth-order valence-corrected chi connectivity index (χ4v) is 4.76. The summed E-state index contributed by atoms with van der Waals surface area (Å²) in [6.45, 7) is 6.86. The lowest BCUT2D eigenvalue weighted by atomic mass is 9.68. The van der Waals surface area contributed by atoms with Crippen LogP contribution in [0.5, 0.6) is 0 Å². The lowest BCUT2D eigenvalue weighted by Crippen LogP contribution is -2.50. The number of unbranched alkanes of at least 4 members (excludes halogenated alkanes) is 3. The number of hydrogen-bond acceptors (Lipinski definition) is 4. The Morgan fingerprint density at radius 1 is 1.12 bits per heavy atom. The lowest BCUT2D eigenvalue weighted by molar-refractivity contribution is -0.145. The summed E-state index contributed by atoms with van der Waals surface area (Å²) in [5.74, 6) is 1.10. The number of rotatable bonds is 13. The number of carbonyl (C=O) groups is 2. The highest BCUT2D eigenvalue weighted by molar-refractivity contribution is 6.17. The second-order valence-electron chi connectivity index (χ2n) is 8.07. The Kier molecular flexibility index (Phi) is 8.37. The van der Waals surface area contributed by atoms with Gasteiger partial charge in [0, 0.05) is 25.5 Å². The standard InChI is InChI=1S/C20H34ClNO4/c1-19(2)16-7-8-20(19,17(23)15-16)18(24)22-10-12-26-14-13-25-11-6-4-3-5-9-21/h16H,3-15H2,1-2H3,(H,22,24)/t16?,20-/m0/s1. The molecule has 2 rings (SSSR count). The Hall–Kier alpha value is -0.650. The molecule has 1 unspecified atom stereocenters. The molecule has 0 spiro atoms. The van der Waals surface area contributed by atoms with E-state index < -0.39 is 5.41 Å². The summed E-state index contributed by atoms with van der Waals surface area (Å²) in [4.78, 5) is 25.1. The zero-order valence-corrected chi connectivity index (χ0v) is 17.0. The number of Topliss-reactive ketones (excluding diaryl/α,β-unsaturated/α-hetero) is 1. The number of amides is 1. The molecule has 2 fully saturated rings. The van der Waals surface area contributed by atoms with Crippen LogP contribution >= 0.6 is 11.6 Å². The number of halogens is 1. The number of fused-ring (bicyclic) bond motifs is 2. The highest BCUT2D eigenvalue weighted by Gasteiger charge is 2.67. The summed E-state index contributed by atoms with van der Waals surface area (Å²) in [6, 6.07) is 0. The molecule has 0 saturated heterocycles. The molecule has 26 heavy (non-hydrogen) atoms. The topological polar surface area (TPSA) is 64.6 Å². The molecule has 5 nitrogen and oxygen atoms in total. The van der Waals surface area contributed by atoms with Gasteiger partial charge in [-0.1, -0.05) is 26.7 Å². The molecule has 0 radical (unpaired) electrons. The summed E-state index contributed by atoms with van der Waals surface area (Å²) < 4.78 is 11.0. The normalized spacial score (nSPS) is 26.4. The van der Waals surface area contributed by atoms with Crippen molar-refractivity contribution in [1.82, 2.24) is 5.32 Å². The summed E-state index contributed by atoms with van der Waals surface area (Å²) >= 11 is 5.63. The molecule has 2 aliphatic rings. The van der Waals surface area contributed by atoms with Crippen LogP contribution in [-0.2, 0) is 19.1 Å². The molecule has 0 aromatic rings. The van der Waals surface area contributed by atoms with Crippen LogP contribution < -0.4 is 5.32 Å². The van der Waals surface area contributed by atoms with Gasteiger partial charge in [0.05, 0.1) is 19.8 Å². The van der Waals surface area contributed by atoms with Gasteiger partial charge in [-0.15, -0.1) is 11.6 Å². The molecule has 0 aromatic heterocycles. The van der Waals surface area contributed by atoms with E-state index in [1.165, 1.54) is 0 Å². The Morgan fingerprint density at radius 2 is 1.81 bits per heavy atom. The van der Waals surface area contributed by atoms with E-state index in [9.17, 15) is 9.59 Å². The van der Waals surface area contributed by atoms with E-state index in [1.807, 2.05) is 0 Å². The first-order chi connectivity index (χ1) is 12.5. The van der Waals surface area contributed by atoms with Gasteiger partial charge in [0.2, 0.25) is 5.91 Å². The van der Waals surface area contributed by atoms with Crippen molar-refractivity contribution in [3.8, 4) is 0 Å². The average molecular weight is 388 g/mol. The molecule has 2 bridgehead atoms. The predicted octanol–water partition coefficient (Wildman–Crippen LogP) is 3.33. The second-order valence-corrected chi connectivity index (χ2v) is 8.45. The molecule has 0 heterocycles. The first-order valence-corrected chi connectivity index (χ1v) is 10.5. The molecule has 2 aliphatic carbocycles. The van der Waals surface area contributed by atoms with Crippen molar-refractivity contribution in [2.75, 3.05) is 38.9 Å². The van der Waals surface area contributed by atoms with E-state index in [0.29, 0.717) is 45.1 Å². The molecule has 0 aromatic carbocycles. The molecule has 6 heteroatoms. The maximum Gasteiger partial charge on any atom is 0.234 e. The third-order valence-electron chi connectivity index (χ3n) is 6.36. The van der Waals surface area contributed by atoms with E-state index in [2.05, 4.69) is 19.2 Å². The molecule has 2 saturated carbocycles. The van der Waals surface area contributed by atoms with Crippen molar-refractivity contribution in [2.45, 2.75) is 58.8 Å². The number of ketones is 1. The molecule has 2 atom stereocenters. The van der Waals surface area contributed by atoms with Crippen molar-refractivity contribution in [3.05, 3.63) is 0 Å². The summed E-state index contributed by atoms with van der Waals surface area (Å²) in [5, 5.41) is 2.92. The van der Waals surface area contributed by atoms with E-state index >= 15 is 0 Å². The predicted molar refractivity (Wildman–Crippen MR) is 102 cm³/mol. The van der Waals surface area contributed by atoms with Gasteiger partial charge in [-0.05, 0) is 37.0 Å². The number of carbonyl (C=O) groups excluding carboxylic acids is 2. The van der Waals surface area contributed by atoms with Crippen LogP contribution in [0.2, 0.25) is 0 Å². The number of ether oxygens (including phenoxy) is 2. The fourth-order valence-electron chi connectivity index (χ4n) is 4.57. The maximum atomic E-state index is 12.7. The minimum absolute atomic E-state index is 0.107. The molecule has 1 amide bonds. The van der Waals surface area contributed by atoms with Gasteiger partial charge in [-0.25, -0.2) is 0 Å². The van der Waals surface area contributed by atoms with Crippen LogP contribution in [0.3, 0.4) is 0 Å². The maximum absolute atomic E-state index is 12.7. The zero-order valence-electron chi connectivity index (χ0n) is 16.3. The Balaban J connectivity index is 1.53. The van der Waals surface area contributed by atoms with Gasteiger partial charge in [-0.2, -0.15) is 0 Å². The molecule has 1 N–H and O–H groups in total. The van der Waals surface area contributed by atoms with Gasteiger partial charge in [0.15, 0.2) is 0 Å². The molecular weight excluding hydrogens is 354 g/mol. The molecule has 0 aliphatic heterocycles. The molecule has 150 valence electrons. The van der Waals surface area contributed by atoms with Crippen LogP contribution in [-0.4, -0.2) is 50.5 Å². The van der Waals surface area contributed by atoms with Gasteiger partial charge < -0.3 is 14.8 Å². The van der Waals surface area contributed by atoms with E-state index in [4.69, 9.17) is 21.1 Å². The number of hydrogen-bond donors (Lipinski definition) is 1. The number of nitrogens with one attached hydrogen (secondary N) is 1. The van der Waals surface area contributed by atoms with Crippen LogP contribution in [0.4, 0.5) is 0 Å². The largest absolute Gasteiger partial charge is 0.379 e. The Morgan fingerprint density at radius 3 is 2.42 bits per heavy atom. The summed E-state index contributed by atoms with van der Waals surface area (Å²) in [6.07, 6.45) is 6.66.